The van der Waals surface area contributed by atoms with Crippen LogP contribution in [0.5, 0.6) is 0 Å². The van der Waals surface area contributed by atoms with E-state index in [9.17, 15) is 0 Å². The van der Waals surface area contributed by atoms with Crippen molar-refractivity contribution in [1.82, 2.24) is 10.2 Å². The van der Waals surface area contributed by atoms with Crippen molar-refractivity contribution in [2.24, 2.45) is 0 Å². The zero-order valence-electron chi connectivity index (χ0n) is 12.5. The molecule has 0 aromatic carbocycles. The van der Waals surface area contributed by atoms with E-state index in [1.807, 2.05) is 23.5 Å². The summed E-state index contributed by atoms with van der Waals surface area (Å²) in [5.41, 5.74) is 0. The van der Waals surface area contributed by atoms with Gasteiger partial charge in [-0.05, 0) is 50.9 Å². The van der Waals surface area contributed by atoms with Gasteiger partial charge in [0, 0.05) is 23.5 Å². The summed E-state index contributed by atoms with van der Waals surface area (Å²) < 4.78 is 5.32. The molecular weight excluding hydrogens is 268 g/mol. The van der Waals surface area contributed by atoms with Gasteiger partial charge in [0.25, 0.3) is 0 Å². The highest BCUT2D eigenvalue weighted by atomic mass is 32.1. The van der Waals surface area contributed by atoms with Gasteiger partial charge in [-0.25, -0.2) is 0 Å². The van der Waals surface area contributed by atoms with E-state index in [1.54, 1.807) is 6.26 Å². The Bertz CT molecular complexity index is 467. The molecule has 2 heterocycles. The highest BCUT2D eigenvalue weighted by Gasteiger charge is 2.16. The van der Waals surface area contributed by atoms with Crippen molar-refractivity contribution in [3.8, 4) is 0 Å². The highest BCUT2D eigenvalue weighted by molar-refractivity contribution is 7.09. The third-order valence-electron chi connectivity index (χ3n) is 3.79. The molecule has 2 aromatic rings. The molecule has 1 N–H and O–H groups in total. The number of rotatable bonds is 8. The summed E-state index contributed by atoms with van der Waals surface area (Å²) in [6, 6.07) is 9.32. The quantitative estimate of drug-likeness (QED) is 0.808. The van der Waals surface area contributed by atoms with Gasteiger partial charge < -0.3 is 9.73 Å². The number of likely N-dealkylation sites (N-methyl/N-ethyl adjacent to an activating group) is 1. The van der Waals surface area contributed by atoms with Gasteiger partial charge in [-0.1, -0.05) is 6.07 Å². The molecule has 2 rings (SSSR count). The number of furan rings is 1. The minimum Gasteiger partial charge on any atom is -0.468 e. The second kappa shape index (κ2) is 7.62. The van der Waals surface area contributed by atoms with Crippen LogP contribution in [-0.4, -0.2) is 30.6 Å². The largest absolute Gasteiger partial charge is 0.468 e. The Labute approximate surface area is 125 Å². The van der Waals surface area contributed by atoms with E-state index in [-0.39, 0.29) is 0 Å². The summed E-state index contributed by atoms with van der Waals surface area (Å²) in [7, 11) is 2.21. The molecule has 2 atom stereocenters. The first kappa shape index (κ1) is 15.3. The summed E-state index contributed by atoms with van der Waals surface area (Å²) in [5, 5.41) is 5.60. The fourth-order valence-electron chi connectivity index (χ4n) is 2.26. The van der Waals surface area contributed by atoms with Gasteiger partial charge in [0.1, 0.15) is 5.76 Å². The average molecular weight is 292 g/mol. The van der Waals surface area contributed by atoms with E-state index in [2.05, 4.69) is 48.6 Å². The van der Waals surface area contributed by atoms with Gasteiger partial charge in [0.15, 0.2) is 0 Å². The van der Waals surface area contributed by atoms with Crippen molar-refractivity contribution in [3.63, 3.8) is 0 Å². The molecule has 4 heteroatoms. The maximum atomic E-state index is 5.32. The Balaban J connectivity index is 1.71. The molecule has 0 amide bonds. The fourth-order valence-corrected chi connectivity index (χ4v) is 3.09. The van der Waals surface area contributed by atoms with Crippen LogP contribution < -0.4 is 5.32 Å². The molecule has 0 radical (unpaired) electrons. The van der Waals surface area contributed by atoms with E-state index in [0.717, 1.165) is 25.3 Å². The standard InChI is InChI=1S/C16H24N2OS/c1-13(10-16-7-5-9-20-16)18(3)14(2)11-17-12-15-6-4-8-19-15/h4-9,13-14,17H,10-12H2,1-3H3. The molecule has 0 aliphatic rings. The molecule has 2 aromatic heterocycles. The molecule has 20 heavy (non-hydrogen) atoms. The Kier molecular flexibility index (Phi) is 5.83. The van der Waals surface area contributed by atoms with E-state index < -0.39 is 0 Å². The van der Waals surface area contributed by atoms with E-state index in [0.29, 0.717) is 12.1 Å². The van der Waals surface area contributed by atoms with E-state index in [4.69, 9.17) is 4.42 Å². The Morgan fingerprint density at radius 2 is 2.10 bits per heavy atom. The van der Waals surface area contributed by atoms with E-state index in [1.165, 1.54) is 4.88 Å². The topological polar surface area (TPSA) is 28.4 Å². The zero-order chi connectivity index (χ0) is 14.4. The normalized spacial score (nSPS) is 14.6. The smallest absolute Gasteiger partial charge is 0.117 e. The SMILES string of the molecule is CC(CNCc1ccco1)N(C)C(C)Cc1cccs1. The van der Waals surface area contributed by atoms with Crippen molar-refractivity contribution < 1.29 is 4.42 Å². The van der Waals surface area contributed by atoms with E-state index >= 15 is 0 Å². The van der Waals surface area contributed by atoms with Gasteiger partial charge in [0.05, 0.1) is 12.8 Å². The number of hydrogen-bond acceptors (Lipinski definition) is 4. The second-order valence-corrected chi connectivity index (χ2v) is 6.39. The number of nitrogens with zero attached hydrogens (tertiary/aromatic N) is 1. The fraction of sp³-hybridized carbons (Fsp3) is 0.500. The van der Waals surface area contributed by atoms with Gasteiger partial charge in [-0.2, -0.15) is 0 Å². The first-order chi connectivity index (χ1) is 9.66. The summed E-state index contributed by atoms with van der Waals surface area (Å²) in [5.74, 6) is 0.992. The van der Waals surface area contributed by atoms with Crippen LogP contribution in [0.4, 0.5) is 0 Å². The molecular formula is C16H24N2OS. The van der Waals surface area contributed by atoms with Crippen LogP contribution in [0.25, 0.3) is 0 Å². The van der Waals surface area contributed by atoms with Crippen molar-refractivity contribution in [2.75, 3.05) is 13.6 Å². The molecule has 0 aliphatic heterocycles. The van der Waals surface area contributed by atoms with Gasteiger partial charge >= 0.3 is 0 Å². The van der Waals surface area contributed by atoms with Crippen LogP contribution in [0.15, 0.2) is 40.3 Å². The number of nitrogens with one attached hydrogen (secondary N) is 1. The predicted molar refractivity (Wildman–Crippen MR) is 85.1 cm³/mol. The summed E-state index contributed by atoms with van der Waals surface area (Å²) in [4.78, 5) is 3.90. The third kappa shape index (κ3) is 4.47. The highest BCUT2D eigenvalue weighted by Crippen LogP contribution is 2.14. The monoisotopic (exact) mass is 292 g/mol. The molecule has 110 valence electrons. The Hall–Kier alpha value is -1.10. The Morgan fingerprint density at radius 3 is 2.75 bits per heavy atom. The zero-order valence-corrected chi connectivity index (χ0v) is 13.3. The minimum atomic E-state index is 0.500. The molecule has 0 spiro atoms. The van der Waals surface area contributed by atoms with Crippen molar-refractivity contribution >= 4 is 11.3 Å². The van der Waals surface area contributed by atoms with Crippen LogP contribution in [0.1, 0.15) is 24.5 Å². The van der Waals surface area contributed by atoms with Crippen LogP contribution >= 0.6 is 11.3 Å². The minimum absolute atomic E-state index is 0.500. The summed E-state index contributed by atoms with van der Waals surface area (Å²) >= 11 is 1.84. The summed E-state index contributed by atoms with van der Waals surface area (Å²) in [6.07, 6.45) is 2.84. The lowest BCUT2D eigenvalue weighted by atomic mass is 10.1. The maximum Gasteiger partial charge on any atom is 0.117 e. The summed E-state index contributed by atoms with van der Waals surface area (Å²) in [6.45, 7) is 6.32. The van der Waals surface area contributed by atoms with Crippen molar-refractivity contribution in [2.45, 2.75) is 38.9 Å². The van der Waals surface area contributed by atoms with Crippen molar-refractivity contribution in [3.05, 3.63) is 46.5 Å². The molecule has 2 unspecified atom stereocenters. The lowest BCUT2D eigenvalue weighted by Crippen LogP contribution is -2.43. The average Bonchev–Trinajstić information content (AvgIpc) is 3.10. The van der Waals surface area contributed by atoms with Crippen LogP contribution in [0.3, 0.4) is 0 Å². The first-order valence-electron chi connectivity index (χ1n) is 7.14. The van der Waals surface area contributed by atoms with Crippen molar-refractivity contribution in [1.29, 1.82) is 0 Å². The van der Waals surface area contributed by atoms with Gasteiger partial charge in [0.2, 0.25) is 0 Å². The molecule has 0 aliphatic carbocycles. The first-order valence-corrected chi connectivity index (χ1v) is 8.02. The molecule has 3 nitrogen and oxygen atoms in total. The molecule has 0 bridgehead atoms. The van der Waals surface area contributed by atoms with Crippen LogP contribution in [0, 0.1) is 0 Å². The third-order valence-corrected chi connectivity index (χ3v) is 4.69. The number of thiophene rings is 1. The number of hydrogen-bond donors (Lipinski definition) is 1. The predicted octanol–water partition coefficient (Wildman–Crippen LogP) is 3.38. The van der Waals surface area contributed by atoms with Gasteiger partial charge in [-0.3, -0.25) is 4.90 Å². The second-order valence-electron chi connectivity index (χ2n) is 5.36. The van der Waals surface area contributed by atoms with Crippen LogP contribution in [0.2, 0.25) is 0 Å². The lowest BCUT2D eigenvalue weighted by Gasteiger charge is -2.30. The Morgan fingerprint density at radius 1 is 1.25 bits per heavy atom. The van der Waals surface area contributed by atoms with Gasteiger partial charge in [-0.15, -0.1) is 11.3 Å². The maximum absolute atomic E-state index is 5.32. The molecule has 0 saturated heterocycles. The molecule has 0 fully saturated rings. The lowest BCUT2D eigenvalue weighted by molar-refractivity contribution is 0.190. The van der Waals surface area contributed by atoms with Crippen LogP contribution in [-0.2, 0) is 13.0 Å². The molecule has 0 saturated carbocycles.